The van der Waals surface area contributed by atoms with Crippen molar-refractivity contribution < 1.29 is 53.6 Å². The van der Waals surface area contributed by atoms with Crippen LogP contribution in [0.1, 0.15) is 0 Å². The van der Waals surface area contributed by atoms with E-state index in [2.05, 4.69) is 9.72 Å². The normalized spacial score (nSPS) is 24.4. The van der Waals surface area contributed by atoms with Crippen LogP contribution in [0.25, 0.3) is 10.9 Å². The maximum absolute atomic E-state index is 11.9. The number of carbonyl (C=O) groups is 1. The molecule has 14 heteroatoms. The van der Waals surface area contributed by atoms with Crippen molar-refractivity contribution in [2.75, 3.05) is 46.8 Å². The second-order valence-electron chi connectivity index (χ2n) is 7.62. The number of aromatic amines is 1. The molecule has 1 aromatic heterocycles. The van der Waals surface area contributed by atoms with Crippen molar-refractivity contribution in [1.29, 1.82) is 0 Å². The van der Waals surface area contributed by atoms with Crippen molar-refractivity contribution in [2.24, 2.45) is 0 Å². The Morgan fingerprint density at radius 1 is 1.06 bits per heavy atom. The number of hydrogen-bond donors (Lipinski definition) is 5. The van der Waals surface area contributed by atoms with Crippen LogP contribution in [-0.4, -0.2) is 125 Å². The molecule has 0 aliphatic carbocycles. The number of ether oxygens (including phenoxy) is 6. The largest absolute Gasteiger partial charge is 0.492 e. The summed E-state index contributed by atoms with van der Waals surface area (Å²) in [5, 5.41) is 39.5. The molecule has 188 valence electrons. The number of benzene rings is 1. The molecule has 4 radical (unpaired) electrons. The molecule has 0 bridgehead atoms. The molecule has 1 aliphatic rings. The van der Waals surface area contributed by atoms with Gasteiger partial charge >= 0.3 is 5.97 Å². The van der Waals surface area contributed by atoms with E-state index < -0.39 is 36.7 Å². The second kappa shape index (κ2) is 12.6. The number of aromatic nitrogens is 1. The Hall–Kier alpha value is -2.32. The molecule has 12 nitrogen and oxygen atoms in total. The lowest BCUT2D eigenvalue weighted by Gasteiger charge is -2.38. The Morgan fingerprint density at radius 2 is 1.74 bits per heavy atom. The first-order valence-electron chi connectivity index (χ1n) is 10.8. The van der Waals surface area contributed by atoms with Crippen LogP contribution >= 0.6 is 0 Å². The first kappa shape index (κ1) is 27.3. The first-order chi connectivity index (χ1) is 16.8. The number of rotatable bonds is 12. The number of carbonyl (C=O) groups excluding carboxylic acids is 1. The third-order valence-corrected chi connectivity index (χ3v) is 5.28. The van der Waals surface area contributed by atoms with Crippen LogP contribution in [0.2, 0.25) is 0 Å². The van der Waals surface area contributed by atoms with Gasteiger partial charge in [-0.15, -0.1) is 0 Å². The first-order valence-corrected chi connectivity index (χ1v) is 10.8. The van der Waals surface area contributed by atoms with E-state index in [1.807, 2.05) is 0 Å². The molecular weight excluding hydrogens is 464 g/mol. The fourth-order valence-electron chi connectivity index (χ4n) is 3.53. The SMILES string of the molecule is [B]c1cc2[nH]cc(O[C@@H]3O[C@H](C(=O)OC)[C@@H](O)[C@H](O)[C@H]3O)c2c([B])c1OCCOCCOCCO. The highest BCUT2D eigenvalue weighted by Crippen LogP contribution is 2.30. The summed E-state index contributed by atoms with van der Waals surface area (Å²) in [7, 11) is 13.5. The van der Waals surface area contributed by atoms with E-state index in [-0.39, 0.29) is 48.9 Å². The van der Waals surface area contributed by atoms with Crippen LogP contribution in [0, 0.1) is 0 Å². The van der Waals surface area contributed by atoms with Crippen molar-refractivity contribution in [3.8, 4) is 11.5 Å². The Morgan fingerprint density at radius 3 is 2.43 bits per heavy atom. The highest BCUT2D eigenvalue weighted by molar-refractivity contribution is 6.46. The van der Waals surface area contributed by atoms with E-state index in [0.29, 0.717) is 24.1 Å². The average Bonchev–Trinajstić information content (AvgIpc) is 3.24. The van der Waals surface area contributed by atoms with Gasteiger partial charge in [-0.1, -0.05) is 5.46 Å². The molecule has 2 heterocycles. The van der Waals surface area contributed by atoms with E-state index in [1.165, 1.54) is 6.20 Å². The van der Waals surface area contributed by atoms with Gasteiger partial charge in [0, 0.05) is 17.1 Å². The number of H-pyrrole nitrogens is 1. The van der Waals surface area contributed by atoms with E-state index in [0.717, 1.165) is 7.11 Å². The summed E-state index contributed by atoms with van der Waals surface area (Å²) >= 11 is 0. The summed E-state index contributed by atoms with van der Waals surface area (Å²) in [6.45, 7) is 1.19. The molecule has 3 rings (SSSR count). The van der Waals surface area contributed by atoms with Crippen molar-refractivity contribution in [3.05, 3.63) is 12.3 Å². The molecule has 2 aromatic rings. The third kappa shape index (κ3) is 6.28. The number of methoxy groups -OCH3 is 1. The van der Waals surface area contributed by atoms with Gasteiger partial charge in [0.25, 0.3) is 0 Å². The molecule has 0 unspecified atom stereocenters. The van der Waals surface area contributed by atoms with E-state index in [9.17, 15) is 20.1 Å². The van der Waals surface area contributed by atoms with Crippen LogP contribution in [0.15, 0.2) is 12.3 Å². The van der Waals surface area contributed by atoms with E-state index >= 15 is 0 Å². The molecule has 5 atom stereocenters. The van der Waals surface area contributed by atoms with Gasteiger partial charge in [-0.25, -0.2) is 4.79 Å². The lowest BCUT2D eigenvalue weighted by molar-refractivity contribution is -0.271. The third-order valence-electron chi connectivity index (χ3n) is 5.28. The minimum absolute atomic E-state index is 0.0603. The van der Waals surface area contributed by atoms with Gasteiger partial charge in [-0.2, -0.15) is 0 Å². The Kier molecular flexibility index (Phi) is 9.80. The van der Waals surface area contributed by atoms with Crippen LogP contribution in [0.3, 0.4) is 0 Å². The zero-order valence-electron chi connectivity index (χ0n) is 19.1. The predicted octanol–water partition coefficient (Wildman–Crippen LogP) is -3.48. The molecule has 35 heavy (non-hydrogen) atoms. The van der Waals surface area contributed by atoms with Crippen molar-refractivity contribution in [1.82, 2.24) is 4.98 Å². The molecule has 0 spiro atoms. The maximum Gasteiger partial charge on any atom is 0.337 e. The van der Waals surface area contributed by atoms with E-state index in [4.69, 9.17) is 44.5 Å². The number of hydrogen-bond acceptors (Lipinski definition) is 11. The van der Waals surface area contributed by atoms with Gasteiger partial charge in [0.2, 0.25) is 6.29 Å². The molecule has 1 saturated heterocycles. The summed E-state index contributed by atoms with van der Waals surface area (Å²) < 4.78 is 31.8. The van der Waals surface area contributed by atoms with Crippen LogP contribution in [0.4, 0.5) is 0 Å². The zero-order valence-corrected chi connectivity index (χ0v) is 19.1. The summed E-state index contributed by atoms with van der Waals surface area (Å²) in [6.07, 6.45) is -6.80. The lowest BCUT2D eigenvalue weighted by atomic mass is 9.83. The molecule has 1 aromatic carbocycles. The monoisotopic (exact) mass is 491 g/mol. The van der Waals surface area contributed by atoms with Crippen molar-refractivity contribution in [3.63, 3.8) is 0 Å². The minimum Gasteiger partial charge on any atom is -0.492 e. The smallest absolute Gasteiger partial charge is 0.337 e. The molecule has 0 amide bonds. The van der Waals surface area contributed by atoms with Gasteiger partial charge in [-0.05, 0) is 11.5 Å². The summed E-state index contributed by atoms with van der Waals surface area (Å²) in [5.74, 6) is -0.632. The lowest BCUT2D eigenvalue weighted by Crippen LogP contribution is -2.61. The Balaban J connectivity index is 1.71. The molecule has 1 fully saturated rings. The Bertz CT molecular complexity index is 988. The number of aliphatic hydroxyl groups excluding tert-OH is 4. The Labute approximate surface area is 203 Å². The number of nitrogens with one attached hydrogen (secondary N) is 1. The fourth-order valence-corrected chi connectivity index (χ4v) is 3.53. The van der Waals surface area contributed by atoms with Gasteiger partial charge in [-0.3, -0.25) is 0 Å². The van der Waals surface area contributed by atoms with E-state index in [1.54, 1.807) is 6.07 Å². The topological polar surface area (TPSA) is 169 Å². The molecular formula is C21H27B2NO11. The van der Waals surface area contributed by atoms with Gasteiger partial charge in [0.1, 0.15) is 52.1 Å². The quantitative estimate of drug-likeness (QED) is 0.114. The second-order valence-corrected chi connectivity index (χ2v) is 7.62. The fraction of sp³-hybridized carbons (Fsp3) is 0.571. The molecule has 1 aliphatic heterocycles. The van der Waals surface area contributed by atoms with Crippen molar-refractivity contribution in [2.45, 2.75) is 30.7 Å². The highest BCUT2D eigenvalue weighted by atomic mass is 16.7. The number of esters is 1. The predicted molar refractivity (Wildman–Crippen MR) is 123 cm³/mol. The standard InChI is InChI=1S/C21H27B2NO11/c1-30-20(29)19-16(27)15(26)17(28)21(35-19)34-12-9-24-11-8-10(22)18(14(23)13(11)12)33-7-6-32-5-4-31-3-2-25/h8-9,15-17,19,21,24-28H,2-7H2,1H3/t15-,16-,17+,19-,21+/m0/s1. The average molecular weight is 491 g/mol. The summed E-state index contributed by atoms with van der Waals surface area (Å²) in [6, 6.07) is 1.57. The highest BCUT2D eigenvalue weighted by Gasteiger charge is 2.48. The number of aliphatic hydroxyl groups is 4. The summed E-state index contributed by atoms with van der Waals surface area (Å²) in [4.78, 5) is 14.8. The van der Waals surface area contributed by atoms with Crippen LogP contribution < -0.4 is 20.4 Å². The van der Waals surface area contributed by atoms with Crippen molar-refractivity contribution >= 4 is 43.5 Å². The minimum atomic E-state index is -1.73. The van der Waals surface area contributed by atoms with Gasteiger partial charge in [0.15, 0.2) is 6.10 Å². The van der Waals surface area contributed by atoms with Gasteiger partial charge < -0.3 is 53.8 Å². The van der Waals surface area contributed by atoms with Crippen LogP contribution in [0.5, 0.6) is 11.5 Å². The van der Waals surface area contributed by atoms with Crippen LogP contribution in [-0.2, 0) is 23.7 Å². The summed E-state index contributed by atoms with van der Waals surface area (Å²) in [5.41, 5.74) is 0.890. The molecule has 5 N–H and O–H groups in total. The maximum atomic E-state index is 11.9. The number of fused-ring (bicyclic) bond motifs is 1. The zero-order chi connectivity index (χ0) is 25.5. The van der Waals surface area contributed by atoms with Gasteiger partial charge in [0.05, 0.1) is 40.1 Å². The molecule has 0 saturated carbocycles.